The molecule has 0 fully saturated rings. The summed E-state index contributed by atoms with van der Waals surface area (Å²) in [4.78, 5) is 32.3. The molecule has 1 aliphatic heterocycles. The maximum atomic E-state index is 11.2. The first-order valence-electron chi connectivity index (χ1n) is 7.68. The first-order chi connectivity index (χ1) is 12.7. The molecule has 0 amide bonds. The third-order valence-corrected chi connectivity index (χ3v) is 3.43. The summed E-state index contributed by atoms with van der Waals surface area (Å²) in [6.07, 6.45) is -4.07. The lowest BCUT2D eigenvalue weighted by Crippen LogP contribution is -2.47. The Morgan fingerprint density at radius 3 is 2.30 bits per heavy atom. The summed E-state index contributed by atoms with van der Waals surface area (Å²) in [6, 6.07) is 4.89. The molecule has 1 aliphatic rings. The van der Waals surface area contributed by atoms with E-state index < -0.39 is 46.9 Å². The third kappa shape index (κ3) is 5.07. The fraction of sp³-hybridized carbons (Fsp3) is 0.375. The van der Waals surface area contributed by atoms with E-state index in [1.807, 2.05) is 0 Å². The van der Waals surface area contributed by atoms with Crippen molar-refractivity contribution in [3.63, 3.8) is 0 Å². The van der Waals surface area contributed by atoms with Gasteiger partial charge in [-0.15, -0.1) is 0 Å². The summed E-state index contributed by atoms with van der Waals surface area (Å²) < 4.78 is 20.5. The number of rotatable bonds is 6. The lowest BCUT2D eigenvalue weighted by molar-refractivity contribution is -0.384. The zero-order valence-electron chi connectivity index (χ0n) is 14.4. The predicted octanol–water partition coefficient (Wildman–Crippen LogP) is 1.52. The number of carbonyl (C=O) groups excluding carboxylic acids is 2. The van der Waals surface area contributed by atoms with E-state index in [9.17, 15) is 29.9 Å². The van der Waals surface area contributed by atoms with Gasteiger partial charge in [-0.05, 0) is 12.1 Å². The van der Waals surface area contributed by atoms with Crippen molar-refractivity contribution in [2.75, 3.05) is 6.61 Å². The molecular weight excluding hydrogens is 366 g/mol. The van der Waals surface area contributed by atoms with Gasteiger partial charge in [0.05, 0.1) is 4.92 Å². The van der Waals surface area contributed by atoms with Crippen molar-refractivity contribution in [3.05, 3.63) is 45.9 Å². The van der Waals surface area contributed by atoms with Crippen molar-refractivity contribution < 1.29 is 43.7 Å². The fourth-order valence-corrected chi connectivity index (χ4v) is 2.23. The minimum atomic E-state index is -1.51. The Bertz CT molecular complexity index is 757. The maximum Gasteiger partial charge on any atom is 0.303 e. The van der Waals surface area contributed by atoms with E-state index in [4.69, 9.17) is 18.9 Å². The van der Waals surface area contributed by atoms with Crippen LogP contribution in [0.2, 0.25) is 0 Å². The van der Waals surface area contributed by atoms with Gasteiger partial charge >= 0.3 is 11.9 Å². The van der Waals surface area contributed by atoms with Crippen LogP contribution in [0.5, 0.6) is 5.75 Å². The first kappa shape index (κ1) is 20.0. The highest BCUT2D eigenvalue weighted by atomic mass is 16.7. The van der Waals surface area contributed by atoms with Gasteiger partial charge < -0.3 is 29.2 Å². The van der Waals surface area contributed by atoms with Crippen molar-refractivity contribution in [2.24, 2.45) is 0 Å². The van der Waals surface area contributed by atoms with Crippen LogP contribution in [0.4, 0.5) is 5.69 Å². The van der Waals surface area contributed by atoms with Gasteiger partial charge in [0.2, 0.25) is 5.76 Å². The zero-order valence-corrected chi connectivity index (χ0v) is 14.4. The molecule has 1 heterocycles. The van der Waals surface area contributed by atoms with Crippen molar-refractivity contribution in [2.45, 2.75) is 32.3 Å². The van der Waals surface area contributed by atoms with E-state index in [0.717, 1.165) is 13.8 Å². The Labute approximate surface area is 152 Å². The second-order valence-electron chi connectivity index (χ2n) is 5.48. The second-order valence-corrected chi connectivity index (χ2v) is 5.48. The van der Waals surface area contributed by atoms with Crippen molar-refractivity contribution in [1.29, 1.82) is 0 Å². The number of ether oxygens (including phenoxy) is 4. The quantitative estimate of drug-likeness (QED) is 0.419. The summed E-state index contributed by atoms with van der Waals surface area (Å²) in [5, 5.41) is 30.9. The fourth-order valence-electron chi connectivity index (χ4n) is 2.23. The van der Waals surface area contributed by atoms with E-state index in [-0.39, 0.29) is 18.0 Å². The minimum absolute atomic E-state index is 0.0992. The topological polar surface area (TPSA) is 155 Å². The first-order valence-corrected chi connectivity index (χ1v) is 7.68. The molecule has 1 aromatic carbocycles. The van der Waals surface area contributed by atoms with Crippen molar-refractivity contribution in [1.82, 2.24) is 0 Å². The molecule has 11 nitrogen and oxygen atoms in total. The molecule has 146 valence electrons. The van der Waals surface area contributed by atoms with Crippen LogP contribution in [0.1, 0.15) is 13.8 Å². The van der Waals surface area contributed by atoms with E-state index in [0.29, 0.717) is 0 Å². The van der Waals surface area contributed by atoms with Gasteiger partial charge in [0.1, 0.15) is 18.5 Å². The molecule has 0 saturated carbocycles. The number of esters is 2. The van der Waals surface area contributed by atoms with Gasteiger partial charge in [0, 0.05) is 26.0 Å². The number of benzene rings is 1. The molecule has 0 saturated heterocycles. The monoisotopic (exact) mass is 383 g/mol. The van der Waals surface area contributed by atoms with Gasteiger partial charge in [-0.25, -0.2) is 0 Å². The number of nitro groups is 1. The summed E-state index contributed by atoms with van der Waals surface area (Å²) >= 11 is 0. The van der Waals surface area contributed by atoms with Crippen LogP contribution in [0, 0.1) is 10.1 Å². The predicted molar refractivity (Wildman–Crippen MR) is 86.9 cm³/mol. The number of aliphatic hydroxyl groups excluding tert-OH is 2. The number of carbonyl (C=O) groups is 2. The molecule has 0 aromatic heterocycles. The molecule has 1 aromatic rings. The van der Waals surface area contributed by atoms with Crippen LogP contribution in [-0.2, 0) is 23.8 Å². The number of aliphatic hydroxyl groups is 2. The Morgan fingerprint density at radius 1 is 1.15 bits per heavy atom. The van der Waals surface area contributed by atoms with E-state index in [1.165, 1.54) is 24.3 Å². The summed E-state index contributed by atoms with van der Waals surface area (Å²) in [7, 11) is 0. The largest absolute Gasteiger partial charge is 0.505 e. The molecule has 1 unspecified atom stereocenters. The molecule has 0 bridgehead atoms. The molecule has 0 spiro atoms. The Hall–Kier alpha value is -3.34. The molecule has 2 rings (SSSR count). The molecule has 27 heavy (non-hydrogen) atoms. The van der Waals surface area contributed by atoms with Gasteiger partial charge in [-0.1, -0.05) is 0 Å². The van der Waals surface area contributed by atoms with Gasteiger partial charge in [0.25, 0.3) is 12.0 Å². The number of hydrogen-bond donors (Lipinski definition) is 2. The minimum Gasteiger partial charge on any atom is -0.505 e. The SMILES string of the molecule is CC(=O)OC[C@H]1OC(Oc2ccc([N+](=O)[O-])cc2)C(O)=C(O)[C@@H]1OC(C)=O. The van der Waals surface area contributed by atoms with Crippen LogP contribution >= 0.6 is 0 Å². The third-order valence-electron chi connectivity index (χ3n) is 3.43. The molecule has 2 N–H and O–H groups in total. The summed E-state index contributed by atoms with van der Waals surface area (Å²) in [6.45, 7) is 1.86. The Morgan fingerprint density at radius 2 is 1.78 bits per heavy atom. The van der Waals surface area contributed by atoms with Gasteiger partial charge in [-0.2, -0.15) is 0 Å². The van der Waals surface area contributed by atoms with Crippen LogP contribution < -0.4 is 4.74 Å². The summed E-state index contributed by atoms with van der Waals surface area (Å²) in [5.74, 6) is -2.77. The van der Waals surface area contributed by atoms with Gasteiger partial charge in [-0.3, -0.25) is 19.7 Å². The maximum absolute atomic E-state index is 11.2. The highest BCUT2D eigenvalue weighted by Crippen LogP contribution is 2.29. The number of hydrogen-bond acceptors (Lipinski definition) is 10. The molecule has 3 atom stereocenters. The zero-order chi connectivity index (χ0) is 20.1. The van der Waals surface area contributed by atoms with Gasteiger partial charge in [0.15, 0.2) is 11.9 Å². The van der Waals surface area contributed by atoms with Crippen molar-refractivity contribution in [3.8, 4) is 5.75 Å². The molecule has 0 radical (unpaired) electrons. The second kappa shape index (κ2) is 8.36. The lowest BCUT2D eigenvalue weighted by atomic mass is 10.1. The Kier molecular flexibility index (Phi) is 6.19. The standard InChI is InChI=1S/C16H17NO10/c1-8(18)24-7-12-15(25-9(2)19)13(20)14(21)16(27-12)26-11-5-3-10(4-6-11)17(22)23/h3-6,12,15-16,20-21H,7H2,1-2H3/t12-,15-,16?/m1/s1. The highest BCUT2D eigenvalue weighted by Gasteiger charge is 2.42. The highest BCUT2D eigenvalue weighted by molar-refractivity contribution is 5.67. The van der Waals surface area contributed by atoms with Crippen LogP contribution in [0.15, 0.2) is 35.8 Å². The Balaban J connectivity index is 2.22. The number of nitrogens with zero attached hydrogens (tertiary/aromatic N) is 1. The van der Waals surface area contributed by atoms with E-state index in [2.05, 4.69) is 0 Å². The molecule has 0 aliphatic carbocycles. The molecular formula is C16H17NO10. The smallest absolute Gasteiger partial charge is 0.303 e. The van der Waals surface area contributed by atoms with E-state index in [1.54, 1.807) is 0 Å². The molecule has 11 heteroatoms. The van der Waals surface area contributed by atoms with Crippen molar-refractivity contribution >= 4 is 17.6 Å². The average molecular weight is 383 g/mol. The normalized spacial score (nSPS) is 22.1. The van der Waals surface area contributed by atoms with Crippen LogP contribution in [0.3, 0.4) is 0 Å². The van der Waals surface area contributed by atoms with Crippen LogP contribution in [0.25, 0.3) is 0 Å². The lowest BCUT2D eigenvalue weighted by Gasteiger charge is -2.34. The summed E-state index contributed by atoms with van der Waals surface area (Å²) in [5.41, 5.74) is -0.169. The number of non-ortho nitro benzene ring substituents is 1. The van der Waals surface area contributed by atoms with E-state index >= 15 is 0 Å². The van der Waals surface area contributed by atoms with Crippen LogP contribution in [-0.4, -0.2) is 52.2 Å². The number of nitro benzene ring substituents is 1. The average Bonchev–Trinajstić information content (AvgIpc) is 2.60.